The average molecular weight is 704 g/mol. The minimum atomic E-state index is -4.24. The molecule has 0 aliphatic heterocycles. The van der Waals surface area contributed by atoms with E-state index in [4.69, 9.17) is 4.74 Å². The van der Waals surface area contributed by atoms with Crippen molar-refractivity contribution in [2.45, 2.75) is 64.1 Å². The second-order valence-electron chi connectivity index (χ2n) is 13.7. The molecule has 0 bridgehead atoms. The molecule has 1 atom stereocenters. The van der Waals surface area contributed by atoms with Crippen LogP contribution in [0.1, 0.15) is 43.0 Å². The Kier molecular flexibility index (Phi) is 11.6. The quantitative estimate of drug-likeness (QED) is 0.135. The molecule has 0 aliphatic carbocycles. The molecule has 51 heavy (non-hydrogen) atoms. The first kappa shape index (κ1) is 36.9. The number of amides is 2. The van der Waals surface area contributed by atoms with Crippen LogP contribution in [0.2, 0.25) is 0 Å². The predicted octanol–water partition coefficient (Wildman–Crippen LogP) is 7.85. The van der Waals surface area contributed by atoms with Crippen LogP contribution in [0.4, 0.5) is 5.69 Å². The summed E-state index contributed by atoms with van der Waals surface area (Å²) in [5.41, 5.74) is 3.33. The van der Waals surface area contributed by atoms with Crippen molar-refractivity contribution < 1.29 is 22.7 Å². The Morgan fingerprint density at radius 1 is 0.686 bits per heavy atom. The number of rotatable bonds is 13. The molecule has 0 radical (unpaired) electrons. The lowest BCUT2D eigenvalue weighted by atomic mass is 10.0. The highest BCUT2D eigenvalue weighted by Gasteiger charge is 2.35. The highest BCUT2D eigenvalue weighted by Crippen LogP contribution is 2.29. The largest absolute Gasteiger partial charge is 0.457 e. The smallest absolute Gasteiger partial charge is 0.264 e. The van der Waals surface area contributed by atoms with E-state index in [0.717, 1.165) is 26.6 Å². The number of benzene rings is 5. The number of carbonyl (C=O) groups is 2. The number of nitrogens with one attached hydrogen (secondary N) is 1. The molecule has 264 valence electrons. The molecule has 8 nitrogen and oxygen atoms in total. The molecule has 0 saturated carbocycles. The van der Waals surface area contributed by atoms with Gasteiger partial charge in [-0.2, -0.15) is 0 Å². The molecule has 0 aliphatic rings. The Bertz CT molecular complexity index is 2010. The second kappa shape index (κ2) is 16.1. The van der Waals surface area contributed by atoms with E-state index < -0.39 is 34.1 Å². The predicted molar refractivity (Wildman–Crippen MR) is 202 cm³/mol. The van der Waals surface area contributed by atoms with E-state index >= 15 is 0 Å². The Labute approximate surface area is 301 Å². The zero-order valence-electron chi connectivity index (χ0n) is 29.7. The van der Waals surface area contributed by atoms with Crippen molar-refractivity contribution >= 4 is 27.5 Å². The zero-order valence-corrected chi connectivity index (χ0v) is 30.6. The fourth-order valence-corrected chi connectivity index (χ4v) is 6.98. The average Bonchev–Trinajstić information content (AvgIpc) is 3.10. The Morgan fingerprint density at radius 2 is 1.22 bits per heavy atom. The number of aryl methyl sites for hydroxylation is 2. The minimum Gasteiger partial charge on any atom is -0.457 e. The van der Waals surface area contributed by atoms with Crippen molar-refractivity contribution in [2.75, 3.05) is 10.8 Å². The standard InChI is InChI=1S/C42H45N3O5S/c1-31-16-20-34(21-17-31)29-44(39(41(47)43-42(3,4)5)28-33-12-8-6-9-13-33)40(46)30-45(51(48,49)38-26-18-32(2)19-27-38)35-22-24-37(25-23-35)50-36-14-10-7-11-15-36/h6-27,39H,28-30H2,1-5H3,(H,43,47)/t39-/m1/s1. The molecule has 0 saturated heterocycles. The third kappa shape index (κ3) is 10.1. The van der Waals surface area contributed by atoms with E-state index in [1.165, 1.54) is 17.0 Å². The summed E-state index contributed by atoms with van der Waals surface area (Å²) in [5, 5.41) is 3.06. The first-order valence-corrected chi connectivity index (χ1v) is 18.4. The van der Waals surface area contributed by atoms with E-state index in [2.05, 4.69) is 5.32 Å². The number of anilines is 1. The molecule has 5 aromatic carbocycles. The number of hydrogen-bond acceptors (Lipinski definition) is 5. The summed E-state index contributed by atoms with van der Waals surface area (Å²) in [5.74, 6) is 0.282. The lowest BCUT2D eigenvalue weighted by Crippen LogP contribution is -2.56. The zero-order chi connectivity index (χ0) is 36.6. The van der Waals surface area contributed by atoms with Crippen LogP contribution in [0.5, 0.6) is 11.5 Å². The maximum absolute atomic E-state index is 14.8. The van der Waals surface area contributed by atoms with Gasteiger partial charge in [-0.3, -0.25) is 13.9 Å². The van der Waals surface area contributed by atoms with Crippen LogP contribution in [0.3, 0.4) is 0 Å². The van der Waals surface area contributed by atoms with Crippen LogP contribution >= 0.6 is 0 Å². The molecule has 2 amide bonds. The van der Waals surface area contributed by atoms with Gasteiger partial charge in [0.05, 0.1) is 10.6 Å². The van der Waals surface area contributed by atoms with Crippen molar-refractivity contribution in [3.05, 3.63) is 156 Å². The second-order valence-corrected chi connectivity index (χ2v) is 15.5. The lowest BCUT2D eigenvalue weighted by molar-refractivity contribution is -0.140. The fourth-order valence-electron chi connectivity index (χ4n) is 5.57. The van der Waals surface area contributed by atoms with Gasteiger partial charge in [-0.1, -0.05) is 96.1 Å². The number of hydrogen-bond donors (Lipinski definition) is 1. The van der Waals surface area contributed by atoms with Gasteiger partial charge in [0.2, 0.25) is 11.8 Å². The summed E-state index contributed by atoms with van der Waals surface area (Å²) >= 11 is 0. The van der Waals surface area contributed by atoms with Crippen LogP contribution < -0.4 is 14.4 Å². The third-order valence-electron chi connectivity index (χ3n) is 8.23. The summed E-state index contributed by atoms with van der Waals surface area (Å²) in [6.07, 6.45) is 0.233. The van der Waals surface area contributed by atoms with Crippen LogP contribution in [0.15, 0.2) is 138 Å². The van der Waals surface area contributed by atoms with E-state index in [1.807, 2.05) is 120 Å². The molecule has 1 N–H and O–H groups in total. The molecule has 0 unspecified atom stereocenters. The summed E-state index contributed by atoms with van der Waals surface area (Å²) in [7, 11) is -4.24. The fraction of sp³-hybridized carbons (Fsp3) is 0.238. The molecule has 9 heteroatoms. The van der Waals surface area contributed by atoms with Gasteiger partial charge in [-0.25, -0.2) is 8.42 Å². The molecule has 5 aromatic rings. The maximum Gasteiger partial charge on any atom is 0.264 e. The Morgan fingerprint density at radius 3 is 1.78 bits per heavy atom. The highest BCUT2D eigenvalue weighted by atomic mass is 32.2. The topological polar surface area (TPSA) is 96.0 Å². The molecule has 0 heterocycles. The molecule has 0 fully saturated rings. The number of carbonyl (C=O) groups excluding carboxylic acids is 2. The number of nitrogens with zero attached hydrogens (tertiary/aromatic N) is 2. The Hall–Kier alpha value is -5.41. The van der Waals surface area contributed by atoms with Crippen LogP contribution in [0, 0.1) is 13.8 Å². The summed E-state index contributed by atoms with van der Waals surface area (Å²) in [6, 6.07) is 38.7. The third-order valence-corrected chi connectivity index (χ3v) is 10.0. The van der Waals surface area contributed by atoms with Crippen molar-refractivity contribution in [3.8, 4) is 11.5 Å². The first-order chi connectivity index (χ1) is 24.3. The van der Waals surface area contributed by atoms with Gasteiger partial charge in [-0.15, -0.1) is 0 Å². The normalized spacial score (nSPS) is 12.1. The van der Waals surface area contributed by atoms with Crippen LogP contribution in [0.25, 0.3) is 0 Å². The van der Waals surface area contributed by atoms with E-state index in [0.29, 0.717) is 11.5 Å². The van der Waals surface area contributed by atoms with E-state index in [-0.39, 0.29) is 29.5 Å². The van der Waals surface area contributed by atoms with Crippen LogP contribution in [-0.4, -0.2) is 43.3 Å². The summed E-state index contributed by atoms with van der Waals surface area (Å²) < 4.78 is 35.9. The van der Waals surface area contributed by atoms with Gasteiger partial charge in [0, 0.05) is 18.5 Å². The van der Waals surface area contributed by atoms with Gasteiger partial charge in [0.1, 0.15) is 24.1 Å². The van der Waals surface area contributed by atoms with Crippen molar-refractivity contribution in [1.82, 2.24) is 10.2 Å². The first-order valence-electron chi connectivity index (χ1n) is 16.9. The van der Waals surface area contributed by atoms with Crippen molar-refractivity contribution in [2.24, 2.45) is 0 Å². The van der Waals surface area contributed by atoms with Gasteiger partial charge < -0.3 is 15.0 Å². The maximum atomic E-state index is 14.8. The molecule has 0 aromatic heterocycles. The number of sulfonamides is 1. The monoisotopic (exact) mass is 703 g/mol. The summed E-state index contributed by atoms with van der Waals surface area (Å²) in [6.45, 7) is 9.06. The lowest BCUT2D eigenvalue weighted by Gasteiger charge is -2.35. The van der Waals surface area contributed by atoms with Crippen molar-refractivity contribution in [1.29, 1.82) is 0 Å². The molecular weight excluding hydrogens is 659 g/mol. The van der Waals surface area contributed by atoms with Gasteiger partial charge in [0.25, 0.3) is 10.0 Å². The van der Waals surface area contributed by atoms with Gasteiger partial charge in [0.15, 0.2) is 0 Å². The van der Waals surface area contributed by atoms with E-state index in [9.17, 15) is 18.0 Å². The molecule has 0 spiro atoms. The van der Waals surface area contributed by atoms with Gasteiger partial charge in [-0.05, 0) is 94.3 Å². The number of ether oxygens (including phenoxy) is 1. The van der Waals surface area contributed by atoms with E-state index in [1.54, 1.807) is 36.4 Å². The Balaban J connectivity index is 1.57. The SMILES string of the molecule is Cc1ccc(CN(C(=O)CN(c2ccc(Oc3ccccc3)cc2)S(=O)(=O)c2ccc(C)cc2)[C@H](Cc2ccccc2)C(=O)NC(C)(C)C)cc1. The summed E-state index contributed by atoms with van der Waals surface area (Å²) in [4.78, 5) is 30.4. The van der Waals surface area contributed by atoms with Crippen LogP contribution in [-0.2, 0) is 32.6 Å². The minimum absolute atomic E-state index is 0.0434. The number of para-hydroxylation sites is 1. The highest BCUT2D eigenvalue weighted by molar-refractivity contribution is 7.92. The van der Waals surface area contributed by atoms with Gasteiger partial charge >= 0.3 is 0 Å². The molecular formula is C42H45N3O5S. The van der Waals surface area contributed by atoms with Crippen molar-refractivity contribution in [3.63, 3.8) is 0 Å². The molecule has 5 rings (SSSR count).